The van der Waals surface area contributed by atoms with Crippen molar-refractivity contribution in [3.05, 3.63) is 71.4 Å². The van der Waals surface area contributed by atoms with Crippen LogP contribution in [0.2, 0.25) is 0 Å². The number of rotatable bonds is 7. The summed E-state index contributed by atoms with van der Waals surface area (Å²) in [5.41, 5.74) is 5.36. The Hall–Kier alpha value is -2.89. The number of ether oxygens (including phenoxy) is 2. The van der Waals surface area contributed by atoms with Crippen LogP contribution in [-0.4, -0.2) is 55.4 Å². The summed E-state index contributed by atoms with van der Waals surface area (Å²) in [5.74, 6) is -0.270. The molecule has 0 radical (unpaired) electrons. The molecule has 3 aromatic rings. The number of hydrogen-bond acceptors (Lipinski definition) is 4. The zero-order valence-electron chi connectivity index (χ0n) is 18.3. The molecule has 0 unspecified atom stereocenters. The number of para-hydroxylation sites is 1. The molecule has 0 spiro atoms. The third-order valence-corrected chi connectivity index (χ3v) is 5.94. The van der Waals surface area contributed by atoms with Crippen molar-refractivity contribution < 1.29 is 14.3 Å². The van der Waals surface area contributed by atoms with Gasteiger partial charge >= 0.3 is 5.97 Å². The maximum Gasteiger partial charge on any atom is 0.333 e. The van der Waals surface area contributed by atoms with E-state index in [4.69, 9.17) is 9.47 Å². The van der Waals surface area contributed by atoms with Crippen molar-refractivity contribution in [2.75, 3.05) is 40.0 Å². The van der Waals surface area contributed by atoms with E-state index in [2.05, 4.69) is 64.2 Å². The smallest absolute Gasteiger partial charge is 0.333 e. The Labute approximate surface area is 183 Å². The molecule has 1 aliphatic heterocycles. The summed E-state index contributed by atoms with van der Waals surface area (Å²) < 4.78 is 12.6. The summed E-state index contributed by atoms with van der Waals surface area (Å²) in [6, 6.07) is 16.9. The van der Waals surface area contributed by atoms with Crippen LogP contribution in [0.3, 0.4) is 0 Å². The first kappa shape index (κ1) is 21.3. The van der Waals surface area contributed by atoms with Crippen molar-refractivity contribution in [1.29, 1.82) is 0 Å². The fourth-order valence-corrected chi connectivity index (χ4v) is 4.14. The van der Waals surface area contributed by atoms with Crippen molar-refractivity contribution in [3.8, 4) is 5.69 Å². The molecule has 5 nitrogen and oxygen atoms in total. The van der Waals surface area contributed by atoms with Gasteiger partial charge in [0.1, 0.15) is 0 Å². The van der Waals surface area contributed by atoms with E-state index in [1.165, 1.54) is 23.6 Å². The summed E-state index contributed by atoms with van der Waals surface area (Å²) in [6.45, 7) is 6.70. The molecule has 1 aromatic heterocycles. The normalized spacial score (nSPS) is 15.4. The molecule has 31 heavy (non-hydrogen) atoms. The van der Waals surface area contributed by atoms with E-state index in [9.17, 15) is 4.79 Å². The standard InChI is InChI=1S/C26H30N2O3/c1-3-21(26(29)30-2)18-20-8-10-23(11-9-20)28-19-22(24-6-4-5-7-25(24)28)12-13-27-14-16-31-17-15-27/h4-11,18-19H,3,12-17H2,1-2H3/b21-18+. The minimum Gasteiger partial charge on any atom is -0.466 e. The van der Waals surface area contributed by atoms with Gasteiger partial charge in [-0.1, -0.05) is 37.3 Å². The minimum absolute atomic E-state index is 0.270. The third-order valence-electron chi connectivity index (χ3n) is 5.94. The van der Waals surface area contributed by atoms with E-state index >= 15 is 0 Å². The fraction of sp³-hybridized carbons (Fsp3) is 0.346. The highest BCUT2D eigenvalue weighted by molar-refractivity contribution is 5.93. The van der Waals surface area contributed by atoms with Crippen LogP contribution in [0.15, 0.2) is 60.3 Å². The van der Waals surface area contributed by atoms with Gasteiger partial charge in [-0.2, -0.15) is 0 Å². The Morgan fingerprint density at radius 1 is 1.10 bits per heavy atom. The highest BCUT2D eigenvalue weighted by Crippen LogP contribution is 2.26. The predicted octanol–water partition coefficient (Wildman–Crippen LogP) is 4.47. The van der Waals surface area contributed by atoms with Gasteiger partial charge in [0.05, 0.1) is 25.8 Å². The van der Waals surface area contributed by atoms with Gasteiger partial charge in [-0.15, -0.1) is 0 Å². The topological polar surface area (TPSA) is 43.7 Å². The number of fused-ring (bicyclic) bond motifs is 1. The van der Waals surface area contributed by atoms with E-state index < -0.39 is 0 Å². The monoisotopic (exact) mass is 418 g/mol. The molecule has 0 N–H and O–H groups in total. The number of benzene rings is 2. The number of nitrogens with zero attached hydrogens (tertiary/aromatic N) is 2. The van der Waals surface area contributed by atoms with E-state index in [0.717, 1.165) is 50.5 Å². The lowest BCUT2D eigenvalue weighted by atomic mass is 10.1. The maximum atomic E-state index is 11.9. The highest BCUT2D eigenvalue weighted by atomic mass is 16.5. The van der Waals surface area contributed by atoms with Gasteiger partial charge in [-0.3, -0.25) is 4.90 Å². The Kier molecular flexibility index (Phi) is 6.85. The highest BCUT2D eigenvalue weighted by Gasteiger charge is 2.14. The summed E-state index contributed by atoms with van der Waals surface area (Å²) in [6.07, 6.45) is 5.83. The molecular formula is C26H30N2O3. The lowest BCUT2D eigenvalue weighted by molar-refractivity contribution is -0.136. The number of aromatic nitrogens is 1. The second-order valence-electron chi connectivity index (χ2n) is 7.85. The van der Waals surface area contributed by atoms with Crippen LogP contribution >= 0.6 is 0 Å². The Morgan fingerprint density at radius 2 is 1.84 bits per heavy atom. The van der Waals surface area contributed by atoms with Crippen LogP contribution in [-0.2, 0) is 20.7 Å². The first-order valence-electron chi connectivity index (χ1n) is 11.0. The molecule has 1 aliphatic rings. The lowest BCUT2D eigenvalue weighted by Crippen LogP contribution is -2.37. The number of hydrogen-bond donors (Lipinski definition) is 0. The quantitative estimate of drug-likeness (QED) is 0.419. The SMILES string of the molecule is CC/C(=C\c1ccc(-n2cc(CCN3CCOCC3)c3ccccc32)cc1)C(=O)OC. The number of morpholine rings is 1. The zero-order chi connectivity index (χ0) is 21.6. The predicted molar refractivity (Wildman–Crippen MR) is 125 cm³/mol. The molecule has 5 heteroatoms. The van der Waals surface area contributed by atoms with E-state index in [1.807, 2.05) is 13.0 Å². The number of carbonyl (C=O) groups excluding carboxylic acids is 1. The lowest BCUT2D eigenvalue weighted by Gasteiger charge is -2.26. The third kappa shape index (κ3) is 4.89. The summed E-state index contributed by atoms with van der Waals surface area (Å²) in [7, 11) is 1.42. The van der Waals surface area contributed by atoms with Gasteiger partial charge in [0.15, 0.2) is 0 Å². The van der Waals surface area contributed by atoms with Crippen LogP contribution in [0.1, 0.15) is 24.5 Å². The minimum atomic E-state index is -0.270. The van der Waals surface area contributed by atoms with Crippen molar-refractivity contribution in [1.82, 2.24) is 9.47 Å². The summed E-state index contributed by atoms with van der Waals surface area (Å²) >= 11 is 0. The van der Waals surface area contributed by atoms with Crippen LogP contribution < -0.4 is 0 Å². The molecule has 2 aromatic carbocycles. The first-order valence-corrected chi connectivity index (χ1v) is 11.0. The second kappa shape index (κ2) is 9.94. The molecule has 1 fully saturated rings. The van der Waals surface area contributed by atoms with E-state index in [0.29, 0.717) is 12.0 Å². The number of carbonyl (C=O) groups is 1. The molecule has 0 amide bonds. The largest absolute Gasteiger partial charge is 0.466 e. The summed E-state index contributed by atoms with van der Waals surface area (Å²) in [4.78, 5) is 14.3. The van der Waals surface area contributed by atoms with Gasteiger partial charge in [0.2, 0.25) is 0 Å². The molecule has 1 saturated heterocycles. The Morgan fingerprint density at radius 3 is 2.55 bits per heavy atom. The van der Waals surface area contributed by atoms with Crippen molar-refractivity contribution >= 4 is 22.9 Å². The molecule has 0 bridgehead atoms. The van der Waals surface area contributed by atoms with Crippen LogP contribution in [0, 0.1) is 0 Å². The van der Waals surface area contributed by atoms with E-state index in [-0.39, 0.29) is 5.97 Å². The molecule has 0 aliphatic carbocycles. The number of methoxy groups -OCH3 is 1. The van der Waals surface area contributed by atoms with Crippen molar-refractivity contribution in [2.45, 2.75) is 19.8 Å². The van der Waals surface area contributed by atoms with Gasteiger partial charge in [-0.05, 0) is 48.2 Å². The maximum absolute atomic E-state index is 11.9. The summed E-state index contributed by atoms with van der Waals surface area (Å²) in [5, 5.41) is 1.30. The van der Waals surface area contributed by atoms with Crippen LogP contribution in [0.4, 0.5) is 0 Å². The average molecular weight is 419 g/mol. The van der Waals surface area contributed by atoms with Crippen LogP contribution in [0.5, 0.6) is 0 Å². The first-order chi connectivity index (χ1) is 15.2. The van der Waals surface area contributed by atoms with Crippen molar-refractivity contribution in [2.24, 2.45) is 0 Å². The molecule has 2 heterocycles. The van der Waals surface area contributed by atoms with Crippen LogP contribution in [0.25, 0.3) is 22.7 Å². The number of esters is 1. The zero-order valence-corrected chi connectivity index (χ0v) is 18.3. The molecular weight excluding hydrogens is 388 g/mol. The Bertz CT molecular complexity index is 1060. The van der Waals surface area contributed by atoms with Crippen molar-refractivity contribution in [3.63, 3.8) is 0 Å². The molecule has 0 atom stereocenters. The second-order valence-corrected chi connectivity index (χ2v) is 7.85. The van der Waals surface area contributed by atoms with E-state index in [1.54, 1.807) is 0 Å². The fourth-order valence-electron chi connectivity index (χ4n) is 4.14. The van der Waals surface area contributed by atoms with Gasteiger partial charge in [0.25, 0.3) is 0 Å². The molecule has 162 valence electrons. The van der Waals surface area contributed by atoms with Gasteiger partial charge in [-0.25, -0.2) is 4.79 Å². The Balaban J connectivity index is 1.59. The van der Waals surface area contributed by atoms with Gasteiger partial charge in [0, 0.05) is 42.5 Å². The average Bonchev–Trinajstić information content (AvgIpc) is 3.20. The molecule has 0 saturated carbocycles. The van der Waals surface area contributed by atoms with Gasteiger partial charge < -0.3 is 14.0 Å². The molecule has 4 rings (SSSR count).